The maximum absolute atomic E-state index is 13.2. The first-order valence-electron chi connectivity index (χ1n) is 9.91. The summed E-state index contributed by atoms with van der Waals surface area (Å²) in [6.45, 7) is 5.77. The first-order chi connectivity index (χ1) is 13.7. The van der Waals surface area contributed by atoms with Gasteiger partial charge < -0.3 is 14.6 Å². The zero-order chi connectivity index (χ0) is 19.3. The summed E-state index contributed by atoms with van der Waals surface area (Å²) in [6.07, 6.45) is 0.735. The molecule has 1 N–H and O–H groups in total. The van der Waals surface area contributed by atoms with Crippen LogP contribution in [-0.4, -0.2) is 60.4 Å². The van der Waals surface area contributed by atoms with Gasteiger partial charge in [0.25, 0.3) is 0 Å². The molecule has 2 aromatic carbocycles. The second-order valence-corrected chi connectivity index (χ2v) is 7.48. The molecule has 2 aliphatic rings. The molecule has 0 aliphatic carbocycles. The predicted molar refractivity (Wildman–Crippen MR) is 105 cm³/mol. The molecule has 6 heteroatoms. The van der Waals surface area contributed by atoms with Gasteiger partial charge in [0.1, 0.15) is 19.0 Å². The van der Waals surface area contributed by atoms with E-state index in [2.05, 4.69) is 21.9 Å². The molecule has 2 aliphatic heterocycles. The summed E-state index contributed by atoms with van der Waals surface area (Å²) in [7, 11) is 0. The Morgan fingerprint density at radius 1 is 0.929 bits per heavy atom. The molecule has 150 valence electrons. The largest absolute Gasteiger partial charge is 0.486 e. The number of ether oxygens (including phenoxy) is 2. The number of benzene rings is 2. The highest BCUT2D eigenvalue weighted by molar-refractivity contribution is 5.43. The molecule has 2 heterocycles. The molecular weight excluding hydrogens is 359 g/mol. The number of halogens is 1. The van der Waals surface area contributed by atoms with Gasteiger partial charge in [0.15, 0.2) is 11.5 Å². The summed E-state index contributed by atoms with van der Waals surface area (Å²) < 4.78 is 24.4. The van der Waals surface area contributed by atoms with Crippen LogP contribution in [0.25, 0.3) is 0 Å². The third-order valence-corrected chi connectivity index (χ3v) is 5.46. The number of fused-ring (bicyclic) bond motifs is 1. The SMILES string of the molecule is OCCC1CN(Cc2ccc3c(c2)OCCO3)CCN1Cc1ccc(F)cc1. The van der Waals surface area contributed by atoms with Crippen molar-refractivity contribution < 1.29 is 19.0 Å². The Balaban J connectivity index is 1.39. The molecule has 0 radical (unpaired) electrons. The van der Waals surface area contributed by atoms with Gasteiger partial charge in [0, 0.05) is 45.4 Å². The summed E-state index contributed by atoms with van der Waals surface area (Å²) >= 11 is 0. The summed E-state index contributed by atoms with van der Waals surface area (Å²) in [6, 6.07) is 13.1. The highest BCUT2D eigenvalue weighted by Crippen LogP contribution is 2.31. The van der Waals surface area contributed by atoms with Crippen molar-refractivity contribution in [3.8, 4) is 11.5 Å². The zero-order valence-electron chi connectivity index (χ0n) is 16.0. The van der Waals surface area contributed by atoms with E-state index in [1.165, 1.54) is 17.7 Å². The van der Waals surface area contributed by atoms with E-state index in [9.17, 15) is 9.50 Å². The van der Waals surface area contributed by atoms with E-state index in [0.717, 1.165) is 56.2 Å². The van der Waals surface area contributed by atoms with Crippen molar-refractivity contribution in [2.45, 2.75) is 25.6 Å². The zero-order valence-corrected chi connectivity index (χ0v) is 16.0. The first kappa shape index (κ1) is 19.2. The minimum Gasteiger partial charge on any atom is -0.486 e. The standard InChI is InChI=1S/C22H27FN2O3/c23-19-4-1-17(2-5-19)15-25-9-8-24(16-20(25)7-10-26)14-18-3-6-21-22(13-18)28-12-11-27-21/h1-6,13,20,26H,7-12,14-16H2. The Hall–Kier alpha value is -2.15. The van der Waals surface area contributed by atoms with Crippen molar-refractivity contribution in [1.82, 2.24) is 9.80 Å². The average Bonchev–Trinajstić information content (AvgIpc) is 2.72. The second-order valence-electron chi connectivity index (χ2n) is 7.48. The Morgan fingerprint density at radius 3 is 2.46 bits per heavy atom. The lowest BCUT2D eigenvalue weighted by Crippen LogP contribution is -2.52. The van der Waals surface area contributed by atoms with Gasteiger partial charge in [-0.05, 0) is 41.8 Å². The lowest BCUT2D eigenvalue weighted by Gasteiger charge is -2.41. The van der Waals surface area contributed by atoms with Gasteiger partial charge in [0.2, 0.25) is 0 Å². The number of aliphatic hydroxyl groups excluding tert-OH is 1. The van der Waals surface area contributed by atoms with E-state index in [0.29, 0.717) is 13.2 Å². The number of hydrogen-bond acceptors (Lipinski definition) is 5. The topological polar surface area (TPSA) is 45.2 Å². The molecule has 0 spiro atoms. The maximum Gasteiger partial charge on any atom is 0.161 e. The van der Waals surface area contributed by atoms with Crippen molar-refractivity contribution >= 4 is 0 Å². The Bertz CT molecular complexity index is 784. The molecule has 0 amide bonds. The van der Waals surface area contributed by atoms with Crippen molar-refractivity contribution in [3.05, 3.63) is 59.4 Å². The molecular formula is C22H27FN2O3. The second kappa shape index (κ2) is 8.90. The normalized spacial score (nSPS) is 20.3. The Morgan fingerprint density at radius 2 is 1.68 bits per heavy atom. The van der Waals surface area contributed by atoms with Crippen molar-refractivity contribution in [1.29, 1.82) is 0 Å². The lowest BCUT2D eigenvalue weighted by molar-refractivity contribution is 0.0499. The third-order valence-electron chi connectivity index (χ3n) is 5.46. The van der Waals surface area contributed by atoms with Gasteiger partial charge in [-0.25, -0.2) is 4.39 Å². The van der Waals surface area contributed by atoms with Crippen LogP contribution in [0.5, 0.6) is 11.5 Å². The fraction of sp³-hybridized carbons (Fsp3) is 0.455. The fourth-order valence-electron chi connectivity index (χ4n) is 4.00. The van der Waals surface area contributed by atoms with Crippen LogP contribution in [0.4, 0.5) is 4.39 Å². The van der Waals surface area contributed by atoms with Gasteiger partial charge in [0.05, 0.1) is 0 Å². The van der Waals surface area contributed by atoms with Crippen molar-refractivity contribution in [2.24, 2.45) is 0 Å². The molecule has 5 nitrogen and oxygen atoms in total. The van der Waals surface area contributed by atoms with Crippen LogP contribution in [0.15, 0.2) is 42.5 Å². The summed E-state index contributed by atoms with van der Waals surface area (Å²) in [5.74, 6) is 1.43. The molecule has 0 bridgehead atoms. The molecule has 4 rings (SSSR count). The smallest absolute Gasteiger partial charge is 0.161 e. The number of hydrogen-bond donors (Lipinski definition) is 1. The van der Waals surface area contributed by atoms with Gasteiger partial charge in [-0.3, -0.25) is 9.80 Å². The van der Waals surface area contributed by atoms with Crippen LogP contribution in [0.2, 0.25) is 0 Å². The molecule has 1 fully saturated rings. The minimum absolute atomic E-state index is 0.169. The van der Waals surface area contributed by atoms with E-state index in [-0.39, 0.29) is 18.5 Å². The Labute approximate surface area is 165 Å². The van der Waals surface area contributed by atoms with Gasteiger partial charge >= 0.3 is 0 Å². The van der Waals surface area contributed by atoms with E-state index in [1.54, 1.807) is 0 Å². The predicted octanol–water partition coefficient (Wildman–Crippen LogP) is 2.67. The summed E-state index contributed by atoms with van der Waals surface area (Å²) in [5.41, 5.74) is 2.31. The molecule has 1 saturated heterocycles. The monoisotopic (exact) mass is 386 g/mol. The van der Waals surface area contributed by atoms with E-state index >= 15 is 0 Å². The molecule has 2 aromatic rings. The van der Waals surface area contributed by atoms with Crippen LogP contribution >= 0.6 is 0 Å². The van der Waals surface area contributed by atoms with E-state index < -0.39 is 0 Å². The number of rotatable bonds is 6. The highest BCUT2D eigenvalue weighted by atomic mass is 19.1. The average molecular weight is 386 g/mol. The van der Waals surface area contributed by atoms with Crippen LogP contribution in [-0.2, 0) is 13.1 Å². The third kappa shape index (κ3) is 4.63. The fourth-order valence-corrected chi connectivity index (χ4v) is 4.00. The molecule has 0 aromatic heterocycles. The van der Waals surface area contributed by atoms with Gasteiger partial charge in [-0.2, -0.15) is 0 Å². The number of piperazine rings is 1. The molecule has 1 atom stereocenters. The van der Waals surface area contributed by atoms with Crippen LogP contribution in [0, 0.1) is 5.82 Å². The van der Waals surface area contributed by atoms with Crippen LogP contribution in [0.1, 0.15) is 17.5 Å². The first-order valence-corrected chi connectivity index (χ1v) is 9.91. The van der Waals surface area contributed by atoms with Gasteiger partial charge in [-0.15, -0.1) is 0 Å². The van der Waals surface area contributed by atoms with Crippen LogP contribution < -0.4 is 9.47 Å². The highest BCUT2D eigenvalue weighted by Gasteiger charge is 2.27. The summed E-state index contributed by atoms with van der Waals surface area (Å²) in [5, 5.41) is 9.52. The minimum atomic E-state index is -0.208. The number of aliphatic hydroxyl groups is 1. The molecule has 1 unspecified atom stereocenters. The lowest BCUT2D eigenvalue weighted by atomic mass is 10.1. The molecule has 28 heavy (non-hydrogen) atoms. The molecule has 0 saturated carbocycles. The quantitative estimate of drug-likeness (QED) is 0.827. The number of nitrogens with zero attached hydrogens (tertiary/aromatic N) is 2. The van der Waals surface area contributed by atoms with E-state index in [1.807, 2.05) is 18.2 Å². The summed E-state index contributed by atoms with van der Waals surface area (Å²) in [4.78, 5) is 4.82. The maximum atomic E-state index is 13.2. The van der Waals surface area contributed by atoms with Crippen LogP contribution in [0.3, 0.4) is 0 Å². The van der Waals surface area contributed by atoms with Crippen molar-refractivity contribution in [3.63, 3.8) is 0 Å². The van der Waals surface area contributed by atoms with Gasteiger partial charge in [-0.1, -0.05) is 18.2 Å². The van der Waals surface area contributed by atoms with E-state index in [4.69, 9.17) is 9.47 Å². The van der Waals surface area contributed by atoms with Crippen molar-refractivity contribution in [2.75, 3.05) is 39.5 Å². The Kier molecular flexibility index (Phi) is 6.10.